The molecule has 5 heteroatoms. The molecule has 0 saturated heterocycles. The highest BCUT2D eigenvalue weighted by Crippen LogP contribution is 2.18. The molecule has 116 valence electrons. The summed E-state index contributed by atoms with van der Waals surface area (Å²) < 4.78 is 24.8. The molecule has 0 bridgehead atoms. The van der Waals surface area contributed by atoms with E-state index in [0.717, 1.165) is 17.5 Å². The average Bonchev–Trinajstić information content (AvgIpc) is 2.53. The second-order valence-electron chi connectivity index (χ2n) is 5.22. The molecule has 0 fully saturated rings. The molecule has 2 rings (SSSR count). The summed E-state index contributed by atoms with van der Waals surface area (Å²) in [6.07, 6.45) is 0.784. The number of benzene rings is 2. The Kier molecular flexibility index (Phi) is 4.98. The van der Waals surface area contributed by atoms with E-state index in [1.165, 1.54) is 0 Å². The van der Waals surface area contributed by atoms with Gasteiger partial charge in [0.25, 0.3) is 0 Å². The maximum atomic E-state index is 12.4. The lowest BCUT2D eigenvalue weighted by Gasteiger charge is -2.19. The van der Waals surface area contributed by atoms with Crippen molar-refractivity contribution in [1.82, 2.24) is 0 Å². The van der Waals surface area contributed by atoms with Crippen molar-refractivity contribution < 1.29 is 13.2 Å². The molecule has 2 aromatic rings. The fourth-order valence-corrected chi connectivity index (χ4v) is 3.79. The van der Waals surface area contributed by atoms with Crippen LogP contribution in [0.5, 0.6) is 0 Å². The van der Waals surface area contributed by atoms with E-state index in [4.69, 9.17) is 0 Å². The summed E-state index contributed by atoms with van der Waals surface area (Å²) in [7, 11) is -1.47. The van der Waals surface area contributed by atoms with Gasteiger partial charge < -0.3 is 4.90 Å². The van der Waals surface area contributed by atoms with Crippen molar-refractivity contribution in [2.45, 2.75) is 11.8 Å². The second kappa shape index (κ2) is 6.75. The molecule has 0 aliphatic rings. The van der Waals surface area contributed by atoms with Gasteiger partial charge in [0.15, 0.2) is 9.84 Å². The van der Waals surface area contributed by atoms with Crippen LogP contribution in [0.1, 0.15) is 15.9 Å². The number of sulfone groups is 1. The quantitative estimate of drug-likeness (QED) is 0.769. The standard InChI is InChI=1S/C17H19NO3S/c1-14-5-3-4-6-17(14)22(20,21)12-11-18(2)16-9-7-15(13-19)8-10-16/h3-10,13H,11-12H2,1-2H3. The van der Waals surface area contributed by atoms with Crippen LogP contribution >= 0.6 is 0 Å². The first-order chi connectivity index (χ1) is 10.4. The van der Waals surface area contributed by atoms with Gasteiger partial charge in [-0.2, -0.15) is 0 Å². The van der Waals surface area contributed by atoms with Gasteiger partial charge in [-0.25, -0.2) is 8.42 Å². The van der Waals surface area contributed by atoms with Gasteiger partial charge >= 0.3 is 0 Å². The van der Waals surface area contributed by atoms with Gasteiger partial charge in [-0.1, -0.05) is 18.2 Å². The first-order valence-electron chi connectivity index (χ1n) is 6.99. The van der Waals surface area contributed by atoms with Crippen LogP contribution in [0.2, 0.25) is 0 Å². The Morgan fingerprint density at radius 3 is 2.27 bits per heavy atom. The Labute approximate surface area is 131 Å². The lowest BCUT2D eigenvalue weighted by Crippen LogP contribution is -2.25. The lowest BCUT2D eigenvalue weighted by molar-refractivity contribution is 0.112. The van der Waals surface area contributed by atoms with Gasteiger partial charge in [0.1, 0.15) is 6.29 Å². The minimum absolute atomic E-state index is 0.0454. The van der Waals surface area contributed by atoms with Crippen LogP contribution in [0, 0.1) is 6.92 Å². The van der Waals surface area contributed by atoms with Crippen LogP contribution in [0.15, 0.2) is 53.4 Å². The predicted molar refractivity (Wildman–Crippen MR) is 88.3 cm³/mol. The molecule has 0 aliphatic heterocycles. The molecule has 0 aromatic heterocycles. The summed E-state index contributed by atoms with van der Waals surface area (Å²) in [4.78, 5) is 12.9. The largest absolute Gasteiger partial charge is 0.374 e. The number of carbonyl (C=O) groups excluding carboxylic acids is 1. The monoisotopic (exact) mass is 317 g/mol. The van der Waals surface area contributed by atoms with Gasteiger partial charge in [0, 0.05) is 24.8 Å². The normalized spacial score (nSPS) is 11.2. The number of rotatable bonds is 6. The summed E-state index contributed by atoms with van der Waals surface area (Å²) in [6.45, 7) is 2.19. The molecule has 0 N–H and O–H groups in total. The predicted octanol–water partition coefficient (Wildman–Crippen LogP) is 2.72. The van der Waals surface area contributed by atoms with E-state index < -0.39 is 9.84 Å². The Hall–Kier alpha value is -2.14. The SMILES string of the molecule is Cc1ccccc1S(=O)(=O)CCN(C)c1ccc(C=O)cc1. The van der Waals surface area contributed by atoms with Crippen molar-refractivity contribution in [1.29, 1.82) is 0 Å². The smallest absolute Gasteiger partial charge is 0.180 e. The third-order valence-electron chi connectivity index (χ3n) is 3.59. The zero-order valence-electron chi connectivity index (χ0n) is 12.7. The van der Waals surface area contributed by atoms with Crippen molar-refractivity contribution in [3.63, 3.8) is 0 Å². The van der Waals surface area contributed by atoms with E-state index in [0.29, 0.717) is 17.0 Å². The minimum Gasteiger partial charge on any atom is -0.374 e. The van der Waals surface area contributed by atoms with E-state index in [1.54, 1.807) is 37.3 Å². The van der Waals surface area contributed by atoms with Crippen LogP contribution in [-0.4, -0.2) is 34.0 Å². The van der Waals surface area contributed by atoms with Crippen molar-refractivity contribution in [2.24, 2.45) is 0 Å². The highest BCUT2D eigenvalue weighted by Gasteiger charge is 2.17. The molecule has 22 heavy (non-hydrogen) atoms. The summed E-state index contributed by atoms with van der Waals surface area (Å²) in [5.74, 6) is 0.0454. The van der Waals surface area contributed by atoms with Crippen LogP contribution in [0.4, 0.5) is 5.69 Å². The minimum atomic E-state index is -3.30. The van der Waals surface area contributed by atoms with Crippen molar-refractivity contribution in [3.05, 3.63) is 59.7 Å². The van der Waals surface area contributed by atoms with Gasteiger partial charge in [-0.3, -0.25) is 4.79 Å². The van der Waals surface area contributed by atoms with Crippen molar-refractivity contribution in [2.75, 3.05) is 24.2 Å². The molecule has 0 saturated carbocycles. The topological polar surface area (TPSA) is 54.5 Å². The molecule has 0 heterocycles. The summed E-state index contributed by atoms with van der Waals surface area (Å²) in [5.41, 5.74) is 2.25. The number of nitrogens with zero attached hydrogens (tertiary/aromatic N) is 1. The number of aldehydes is 1. The van der Waals surface area contributed by atoms with E-state index in [2.05, 4.69) is 0 Å². The lowest BCUT2D eigenvalue weighted by atomic mass is 10.2. The number of aryl methyl sites for hydroxylation is 1. The van der Waals surface area contributed by atoms with Gasteiger partial charge in [-0.15, -0.1) is 0 Å². The molecule has 0 spiro atoms. The Morgan fingerprint density at radius 1 is 1.05 bits per heavy atom. The molecule has 0 amide bonds. The van der Waals surface area contributed by atoms with E-state index in [9.17, 15) is 13.2 Å². The second-order valence-corrected chi connectivity index (χ2v) is 7.29. The van der Waals surface area contributed by atoms with Gasteiger partial charge in [-0.05, 0) is 42.8 Å². The number of carbonyl (C=O) groups is 1. The molecule has 0 radical (unpaired) electrons. The van der Waals surface area contributed by atoms with Gasteiger partial charge in [0.2, 0.25) is 0 Å². The molecule has 4 nitrogen and oxygen atoms in total. The van der Waals surface area contributed by atoms with Gasteiger partial charge in [0.05, 0.1) is 10.6 Å². The molecule has 0 aliphatic carbocycles. The Balaban J connectivity index is 2.08. The molecular weight excluding hydrogens is 298 g/mol. The number of hydrogen-bond donors (Lipinski definition) is 0. The highest BCUT2D eigenvalue weighted by molar-refractivity contribution is 7.91. The van der Waals surface area contributed by atoms with E-state index >= 15 is 0 Å². The molecule has 0 unspecified atom stereocenters. The maximum absolute atomic E-state index is 12.4. The third-order valence-corrected chi connectivity index (χ3v) is 5.44. The van der Waals surface area contributed by atoms with E-state index in [-0.39, 0.29) is 5.75 Å². The fourth-order valence-electron chi connectivity index (χ4n) is 2.21. The maximum Gasteiger partial charge on any atom is 0.180 e. The van der Waals surface area contributed by atoms with E-state index in [1.807, 2.05) is 30.1 Å². The Morgan fingerprint density at radius 2 is 1.68 bits per heavy atom. The molecule has 0 atom stereocenters. The molecular formula is C17H19NO3S. The number of hydrogen-bond acceptors (Lipinski definition) is 4. The summed E-state index contributed by atoms with van der Waals surface area (Å²) >= 11 is 0. The third kappa shape index (κ3) is 3.74. The van der Waals surface area contributed by atoms with Crippen LogP contribution in [0.25, 0.3) is 0 Å². The number of anilines is 1. The summed E-state index contributed by atoms with van der Waals surface area (Å²) in [6, 6.07) is 14.1. The first-order valence-corrected chi connectivity index (χ1v) is 8.64. The molecule has 2 aromatic carbocycles. The van der Waals surface area contributed by atoms with Crippen LogP contribution < -0.4 is 4.90 Å². The Bertz CT molecular complexity index is 752. The van der Waals surface area contributed by atoms with Crippen molar-refractivity contribution in [3.8, 4) is 0 Å². The summed E-state index contributed by atoms with van der Waals surface area (Å²) in [5, 5.41) is 0. The zero-order chi connectivity index (χ0) is 16.2. The van der Waals surface area contributed by atoms with Crippen LogP contribution in [0.3, 0.4) is 0 Å². The highest BCUT2D eigenvalue weighted by atomic mass is 32.2. The zero-order valence-corrected chi connectivity index (χ0v) is 13.5. The first kappa shape index (κ1) is 16.2. The van der Waals surface area contributed by atoms with Crippen molar-refractivity contribution >= 4 is 21.8 Å². The fraction of sp³-hybridized carbons (Fsp3) is 0.235. The van der Waals surface area contributed by atoms with Crippen LogP contribution in [-0.2, 0) is 9.84 Å². The average molecular weight is 317 g/mol.